The summed E-state index contributed by atoms with van der Waals surface area (Å²) in [6, 6.07) is 11.1. The summed E-state index contributed by atoms with van der Waals surface area (Å²) in [7, 11) is 1.61. The van der Waals surface area contributed by atoms with Gasteiger partial charge in [0, 0.05) is 31.3 Å². The first kappa shape index (κ1) is 17.8. The second kappa shape index (κ2) is 6.66. The molecule has 0 unspecified atom stereocenters. The van der Waals surface area contributed by atoms with Crippen LogP contribution in [-0.4, -0.2) is 53.2 Å². The lowest BCUT2D eigenvalue weighted by Gasteiger charge is -2.33. The highest BCUT2D eigenvalue weighted by Crippen LogP contribution is 2.42. The molecule has 148 valence electrons. The highest BCUT2D eigenvalue weighted by molar-refractivity contribution is 5.95. The number of fused-ring (bicyclic) bond motifs is 1. The number of hydrogen-bond donors (Lipinski definition) is 2. The number of hydrogen-bond acceptors (Lipinski definition) is 7. The van der Waals surface area contributed by atoms with Gasteiger partial charge in [-0.1, -0.05) is 12.1 Å². The van der Waals surface area contributed by atoms with Crippen LogP contribution in [0.3, 0.4) is 0 Å². The molecule has 2 aromatic heterocycles. The Morgan fingerprint density at radius 3 is 2.86 bits per heavy atom. The van der Waals surface area contributed by atoms with Gasteiger partial charge >= 0.3 is 0 Å². The zero-order chi connectivity index (χ0) is 20.0. The smallest absolute Gasteiger partial charge is 0.251 e. The predicted octanol–water partition coefficient (Wildman–Crippen LogP) is 2.00. The third-order valence-electron chi connectivity index (χ3n) is 5.56. The van der Waals surface area contributed by atoms with Gasteiger partial charge in [0.25, 0.3) is 5.91 Å². The van der Waals surface area contributed by atoms with Gasteiger partial charge in [-0.3, -0.25) is 4.79 Å². The average Bonchev–Trinajstić information content (AvgIpc) is 3.50. The van der Waals surface area contributed by atoms with E-state index in [1.165, 1.54) is 0 Å². The Morgan fingerprint density at radius 1 is 1.21 bits per heavy atom. The molecule has 1 spiro atoms. The molecule has 1 aliphatic carbocycles. The molecule has 8 nitrogen and oxygen atoms in total. The van der Waals surface area contributed by atoms with Crippen molar-refractivity contribution in [2.75, 3.05) is 37.4 Å². The summed E-state index contributed by atoms with van der Waals surface area (Å²) in [5.41, 5.74) is 8.89. The largest absolute Gasteiger partial charge is 0.383 e. The monoisotopic (exact) mass is 390 g/mol. The molecule has 8 heteroatoms. The lowest BCUT2D eigenvalue weighted by Crippen LogP contribution is -2.44. The Morgan fingerprint density at radius 2 is 2.07 bits per heavy atom. The minimum atomic E-state index is -0.136. The van der Waals surface area contributed by atoms with Crippen LogP contribution in [0, 0.1) is 0 Å². The van der Waals surface area contributed by atoms with E-state index in [2.05, 4.69) is 15.2 Å². The standard InChI is InChI=1S/C21H22N6O2/c1-23-19(28)14-4-2-3-13(11-14)16-6-5-15-17(22)25-20(26-18(15)24-16)27-9-10-29-21(12-27)7-8-21/h2-6,11H,7-10,12H2,1H3,(H,23,28)(H2,22,24,25,26). The molecular formula is C21H22N6O2. The molecule has 1 aromatic carbocycles. The van der Waals surface area contributed by atoms with Crippen molar-refractivity contribution in [3.8, 4) is 11.3 Å². The molecule has 1 saturated heterocycles. The average molecular weight is 390 g/mol. The zero-order valence-corrected chi connectivity index (χ0v) is 16.2. The molecule has 0 atom stereocenters. The molecule has 3 aromatic rings. The number of nitrogens with zero attached hydrogens (tertiary/aromatic N) is 4. The van der Waals surface area contributed by atoms with E-state index >= 15 is 0 Å². The van der Waals surface area contributed by atoms with E-state index in [0.29, 0.717) is 35.0 Å². The molecule has 5 rings (SSSR count). The molecule has 2 fully saturated rings. The summed E-state index contributed by atoms with van der Waals surface area (Å²) in [6.45, 7) is 2.19. The van der Waals surface area contributed by atoms with Gasteiger partial charge in [-0.15, -0.1) is 0 Å². The summed E-state index contributed by atoms with van der Waals surface area (Å²) in [5.74, 6) is 0.871. The number of benzene rings is 1. The molecule has 1 saturated carbocycles. The van der Waals surface area contributed by atoms with Crippen molar-refractivity contribution < 1.29 is 9.53 Å². The minimum Gasteiger partial charge on any atom is -0.383 e. The fourth-order valence-electron chi connectivity index (χ4n) is 3.74. The third kappa shape index (κ3) is 3.25. The molecule has 0 radical (unpaired) electrons. The maximum atomic E-state index is 11.9. The van der Waals surface area contributed by atoms with E-state index in [1.807, 2.05) is 30.3 Å². The van der Waals surface area contributed by atoms with Crippen LogP contribution < -0.4 is 16.0 Å². The highest BCUT2D eigenvalue weighted by atomic mass is 16.5. The molecule has 1 amide bonds. The molecule has 3 N–H and O–H groups in total. The number of carbonyl (C=O) groups excluding carboxylic acids is 1. The van der Waals surface area contributed by atoms with Crippen molar-refractivity contribution in [2.24, 2.45) is 0 Å². The normalized spacial score (nSPS) is 17.5. The minimum absolute atomic E-state index is 0.0269. The predicted molar refractivity (Wildman–Crippen MR) is 111 cm³/mol. The Balaban J connectivity index is 1.53. The van der Waals surface area contributed by atoms with Crippen molar-refractivity contribution in [1.29, 1.82) is 0 Å². The van der Waals surface area contributed by atoms with Crippen molar-refractivity contribution in [3.05, 3.63) is 42.0 Å². The van der Waals surface area contributed by atoms with Crippen molar-refractivity contribution in [1.82, 2.24) is 20.3 Å². The van der Waals surface area contributed by atoms with Gasteiger partial charge in [-0.2, -0.15) is 9.97 Å². The van der Waals surface area contributed by atoms with E-state index in [-0.39, 0.29) is 11.5 Å². The van der Waals surface area contributed by atoms with E-state index in [4.69, 9.17) is 20.4 Å². The molecule has 29 heavy (non-hydrogen) atoms. The maximum Gasteiger partial charge on any atom is 0.251 e. The third-order valence-corrected chi connectivity index (χ3v) is 5.56. The number of nitrogens with one attached hydrogen (secondary N) is 1. The van der Waals surface area contributed by atoms with E-state index in [9.17, 15) is 4.79 Å². The topological polar surface area (TPSA) is 106 Å². The van der Waals surface area contributed by atoms with Crippen molar-refractivity contribution in [2.45, 2.75) is 18.4 Å². The Labute approximate surface area is 168 Å². The Kier molecular flexibility index (Phi) is 4.09. The first-order chi connectivity index (χ1) is 14.1. The molecule has 0 bridgehead atoms. The van der Waals surface area contributed by atoms with E-state index in [0.717, 1.165) is 37.2 Å². The number of nitrogens with two attached hydrogens (primary N) is 1. The number of ether oxygens (including phenoxy) is 1. The zero-order valence-electron chi connectivity index (χ0n) is 16.2. The number of anilines is 2. The van der Waals surface area contributed by atoms with E-state index < -0.39 is 0 Å². The number of nitrogen functional groups attached to an aromatic ring is 1. The lowest BCUT2D eigenvalue weighted by atomic mass is 10.1. The fourth-order valence-corrected chi connectivity index (χ4v) is 3.74. The number of amides is 1. The summed E-state index contributed by atoms with van der Waals surface area (Å²) in [4.78, 5) is 28.0. The van der Waals surface area contributed by atoms with Gasteiger partial charge in [0.2, 0.25) is 5.95 Å². The number of rotatable bonds is 3. The van der Waals surface area contributed by atoms with Crippen molar-refractivity contribution in [3.63, 3.8) is 0 Å². The molecule has 3 heterocycles. The van der Waals surface area contributed by atoms with Crippen LogP contribution in [0.15, 0.2) is 36.4 Å². The first-order valence-corrected chi connectivity index (χ1v) is 9.73. The van der Waals surface area contributed by atoms with Gasteiger partial charge in [-0.05, 0) is 37.1 Å². The second-order valence-electron chi connectivity index (χ2n) is 7.59. The number of pyridine rings is 1. The number of aromatic nitrogens is 3. The van der Waals surface area contributed by atoms with Crippen molar-refractivity contribution >= 4 is 28.7 Å². The van der Waals surface area contributed by atoms with Crippen LogP contribution in [0.25, 0.3) is 22.3 Å². The maximum absolute atomic E-state index is 11.9. The van der Waals surface area contributed by atoms with Gasteiger partial charge in [0.05, 0.1) is 23.3 Å². The molecular weight excluding hydrogens is 368 g/mol. The van der Waals surface area contributed by atoms with Gasteiger partial charge in [0.15, 0.2) is 5.65 Å². The van der Waals surface area contributed by atoms with Crippen LogP contribution in [0.2, 0.25) is 0 Å². The number of morpholine rings is 1. The number of carbonyl (C=O) groups is 1. The van der Waals surface area contributed by atoms with Gasteiger partial charge < -0.3 is 20.7 Å². The summed E-state index contributed by atoms with van der Waals surface area (Å²) in [6.07, 6.45) is 2.16. The fraction of sp³-hybridized carbons (Fsp3) is 0.333. The molecule has 1 aliphatic heterocycles. The van der Waals surface area contributed by atoms with Crippen LogP contribution in [0.1, 0.15) is 23.2 Å². The van der Waals surface area contributed by atoms with Gasteiger partial charge in [0.1, 0.15) is 5.82 Å². The molecule has 2 aliphatic rings. The summed E-state index contributed by atoms with van der Waals surface area (Å²) in [5, 5.41) is 3.36. The highest BCUT2D eigenvalue weighted by Gasteiger charge is 2.48. The SMILES string of the molecule is CNC(=O)c1cccc(-c2ccc3c(N)nc(N4CCOC5(CC5)C4)nc3n2)c1. The van der Waals surface area contributed by atoms with Crippen LogP contribution >= 0.6 is 0 Å². The summed E-state index contributed by atoms with van der Waals surface area (Å²) < 4.78 is 5.89. The van der Waals surface area contributed by atoms with Crippen LogP contribution in [-0.2, 0) is 4.74 Å². The Hall–Kier alpha value is -3.26. The quantitative estimate of drug-likeness (QED) is 0.704. The second-order valence-corrected chi connectivity index (χ2v) is 7.59. The summed E-state index contributed by atoms with van der Waals surface area (Å²) >= 11 is 0. The van der Waals surface area contributed by atoms with Gasteiger partial charge in [-0.25, -0.2) is 4.98 Å². The first-order valence-electron chi connectivity index (χ1n) is 9.73. The Bertz CT molecular complexity index is 1110. The van der Waals surface area contributed by atoms with E-state index in [1.54, 1.807) is 13.1 Å². The van der Waals surface area contributed by atoms with Crippen LogP contribution in [0.5, 0.6) is 0 Å². The van der Waals surface area contributed by atoms with Crippen LogP contribution in [0.4, 0.5) is 11.8 Å². The lowest BCUT2D eigenvalue weighted by molar-refractivity contribution is 0.0201.